The SMILES string of the molecule is COC1CC(C(=O)O)N(C(=O)N(C)CC(C)(C)C)C1. The van der Waals surface area contributed by atoms with Crippen molar-refractivity contribution in [3.63, 3.8) is 0 Å². The fourth-order valence-corrected chi connectivity index (χ4v) is 2.41. The standard InChI is InChI=1S/C13H24N2O4/c1-13(2,3)8-14(4)12(18)15-7-9(19-5)6-10(15)11(16)17/h9-10H,6-8H2,1-5H3,(H,16,17). The molecule has 2 unspecified atom stereocenters. The number of likely N-dealkylation sites (tertiary alicyclic amines) is 1. The first-order chi connectivity index (χ1) is 8.65. The number of carboxylic acid groups (broad SMARTS) is 1. The van der Waals surface area contributed by atoms with Crippen molar-refractivity contribution in [1.29, 1.82) is 0 Å². The molecule has 2 atom stereocenters. The number of rotatable bonds is 3. The molecule has 1 heterocycles. The Morgan fingerprint density at radius 2 is 2.00 bits per heavy atom. The predicted octanol–water partition coefficient (Wildman–Crippen LogP) is 1.26. The van der Waals surface area contributed by atoms with Crippen molar-refractivity contribution in [1.82, 2.24) is 9.80 Å². The molecule has 1 fully saturated rings. The molecule has 0 aromatic carbocycles. The highest BCUT2D eigenvalue weighted by atomic mass is 16.5. The van der Waals surface area contributed by atoms with Gasteiger partial charge in [-0.3, -0.25) is 0 Å². The predicted molar refractivity (Wildman–Crippen MR) is 71.0 cm³/mol. The van der Waals surface area contributed by atoms with Crippen LogP contribution in [0, 0.1) is 5.41 Å². The molecule has 0 radical (unpaired) electrons. The van der Waals surface area contributed by atoms with Gasteiger partial charge in [-0.25, -0.2) is 9.59 Å². The van der Waals surface area contributed by atoms with Crippen LogP contribution in [0.5, 0.6) is 0 Å². The Morgan fingerprint density at radius 1 is 1.42 bits per heavy atom. The molecule has 19 heavy (non-hydrogen) atoms. The number of aliphatic carboxylic acids is 1. The second-order valence-electron chi connectivity index (χ2n) is 6.30. The molecule has 1 rings (SSSR count). The topological polar surface area (TPSA) is 70.1 Å². The zero-order valence-electron chi connectivity index (χ0n) is 12.3. The normalized spacial score (nSPS) is 23.5. The summed E-state index contributed by atoms with van der Waals surface area (Å²) in [5.74, 6) is -0.975. The maximum atomic E-state index is 12.3. The van der Waals surface area contributed by atoms with Crippen molar-refractivity contribution in [2.24, 2.45) is 5.41 Å². The van der Waals surface area contributed by atoms with Crippen molar-refractivity contribution in [3.8, 4) is 0 Å². The second-order valence-corrected chi connectivity index (χ2v) is 6.30. The minimum Gasteiger partial charge on any atom is -0.480 e. The number of carbonyl (C=O) groups is 2. The first kappa shape index (κ1) is 15.8. The molecule has 1 aliphatic heterocycles. The van der Waals surface area contributed by atoms with Crippen molar-refractivity contribution < 1.29 is 19.4 Å². The number of hydrogen-bond acceptors (Lipinski definition) is 3. The Morgan fingerprint density at radius 3 is 2.42 bits per heavy atom. The van der Waals surface area contributed by atoms with Crippen LogP contribution in [0.4, 0.5) is 4.79 Å². The largest absolute Gasteiger partial charge is 0.480 e. The van der Waals surface area contributed by atoms with Crippen LogP contribution in [0.1, 0.15) is 27.2 Å². The van der Waals surface area contributed by atoms with Crippen molar-refractivity contribution in [3.05, 3.63) is 0 Å². The summed E-state index contributed by atoms with van der Waals surface area (Å²) in [7, 11) is 3.24. The lowest BCUT2D eigenvalue weighted by Crippen LogP contribution is -2.48. The summed E-state index contributed by atoms with van der Waals surface area (Å²) in [4.78, 5) is 26.5. The number of ether oxygens (including phenoxy) is 1. The van der Waals surface area contributed by atoms with Crippen LogP contribution in [-0.2, 0) is 9.53 Å². The Kier molecular flexibility index (Phi) is 4.79. The summed E-state index contributed by atoms with van der Waals surface area (Å²) >= 11 is 0. The second kappa shape index (κ2) is 5.77. The van der Waals surface area contributed by atoms with E-state index in [-0.39, 0.29) is 17.6 Å². The summed E-state index contributed by atoms with van der Waals surface area (Å²) in [6.45, 7) is 7.02. The van der Waals surface area contributed by atoms with Crippen LogP contribution in [0.3, 0.4) is 0 Å². The Hall–Kier alpha value is -1.30. The van der Waals surface area contributed by atoms with E-state index < -0.39 is 12.0 Å². The fourth-order valence-electron chi connectivity index (χ4n) is 2.41. The molecule has 0 aromatic heterocycles. The molecule has 1 saturated heterocycles. The van der Waals surface area contributed by atoms with E-state index in [0.29, 0.717) is 19.5 Å². The van der Waals surface area contributed by atoms with E-state index in [1.807, 2.05) is 20.8 Å². The minimum atomic E-state index is -0.975. The minimum absolute atomic E-state index is 0.0243. The molecule has 0 aromatic rings. The quantitative estimate of drug-likeness (QED) is 0.839. The summed E-state index contributed by atoms with van der Waals surface area (Å²) in [5, 5.41) is 9.19. The lowest BCUT2D eigenvalue weighted by atomic mass is 9.96. The average Bonchev–Trinajstić information content (AvgIpc) is 2.69. The monoisotopic (exact) mass is 272 g/mol. The van der Waals surface area contributed by atoms with Gasteiger partial charge >= 0.3 is 12.0 Å². The maximum absolute atomic E-state index is 12.3. The number of carboxylic acids is 1. The number of hydrogen-bond donors (Lipinski definition) is 1. The summed E-state index contributed by atoms with van der Waals surface area (Å²) < 4.78 is 5.18. The average molecular weight is 272 g/mol. The van der Waals surface area contributed by atoms with Gasteiger partial charge < -0.3 is 19.6 Å². The van der Waals surface area contributed by atoms with E-state index in [2.05, 4.69) is 0 Å². The Bertz CT molecular complexity index is 351. The van der Waals surface area contributed by atoms with Gasteiger partial charge in [-0.05, 0) is 5.41 Å². The lowest BCUT2D eigenvalue weighted by Gasteiger charge is -2.31. The number of carbonyl (C=O) groups excluding carboxylic acids is 1. The summed E-state index contributed by atoms with van der Waals surface area (Å²) in [5.41, 5.74) is -0.0243. The molecule has 6 nitrogen and oxygen atoms in total. The lowest BCUT2D eigenvalue weighted by molar-refractivity contribution is -0.141. The van der Waals surface area contributed by atoms with Crippen LogP contribution in [0.25, 0.3) is 0 Å². The van der Waals surface area contributed by atoms with Gasteiger partial charge in [0.2, 0.25) is 0 Å². The van der Waals surface area contributed by atoms with E-state index in [1.54, 1.807) is 11.9 Å². The first-order valence-electron chi connectivity index (χ1n) is 6.43. The van der Waals surface area contributed by atoms with Gasteiger partial charge in [-0.15, -0.1) is 0 Å². The van der Waals surface area contributed by atoms with Gasteiger partial charge in [0.25, 0.3) is 0 Å². The van der Waals surface area contributed by atoms with Crippen LogP contribution in [0.2, 0.25) is 0 Å². The van der Waals surface area contributed by atoms with Crippen molar-refractivity contribution in [2.75, 3.05) is 27.2 Å². The van der Waals surface area contributed by atoms with E-state index in [4.69, 9.17) is 4.74 Å². The Labute approximate surface area is 114 Å². The zero-order chi connectivity index (χ0) is 14.8. The van der Waals surface area contributed by atoms with Gasteiger partial charge in [-0.2, -0.15) is 0 Å². The smallest absolute Gasteiger partial charge is 0.326 e. The van der Waals surface area contributed by atoms with E-state index in [1.165, 1.54) is 12.0 Å². The van der Waals surface area contributed by atoms with Crippen molar-refractivity contribution in [2.45, 2.75) is 39.3 Å². The molecule has 0 saturated carbocycles. The van der Waals surface area contributed by atoms with Gasteiger partial charge in [0.05, 0.1) is 6.10 Å². The highest BCUT2D eigenvalue weighted by Crippen LogP contribution is 2.23. The van der Waals surface area contributed by atoms with E-state index in [9.17, 15) is 14.7 Å². The summed E-state index contributed by atoms with van der Waals surface area (Å²) in [6, 6.07) is -1.04. The summed E-state index contributed by atoms with van der Waals surface area (Å²) in [6.07, 6.45) is 0.147. The highest BCUT2D eigenvalue weighted by molar-refractivity contribution is 5.83. The molecule has 6 heteroatoms. The molecule has 1 aliphatic rings. The van der Waals surface area contributed by atoms with Crippen LogP contribution < -0.4 is 0 Å². The zero-order valence-corrected chi connectivity index (χ0v) is 12.3. The van der Waals surface area contributed by atoms with Crippen molar-refractivity contribution >= 4 is 12.0 Å². The first-order valence-corrected chi connectivity index (χ1v) is 6.43. The third-order valence-electron chi connectivity index (χ3n) is 3.16. The molecule has 2 amide bonds. The molecule has 0 aliphatic carbocycles. The van der Waals surface area contributed by atoms with Crippen LogP contribution in [-0.4, -0.2) is 66.3 Å². The fraction of sp³-hybridized carbons (Fsp3) is 0.846. The third-order valence-corrected chi connectivity index (χ3v) is 3.16. The molecule has 110 valence electrons. The van der Waals surface area contributed by atoms with Gasteiger partial charge in [0, 0.05) is 33.7 Å². The molecular weight excluding hydrogens is 248 g/mol. The number of amides is 2. The van der Waals surface area contributed by atoms with Crippen LogP contribution in [0.15, 0.2) is 0 Å². The van der Waals surface area contributed by atoms with Gasteiger partial charge in [-0.1, -0.05) is 20.8 Å². The van der Waals surface area contributed by atoms with Crippen LogP contribution >= 0.6 is 0 Å². The third kappa shape index (κ3) is 4.09. The molecule has 0 bridgehead atoms. The van der Waals surface area contributed by atoms with E-state index in [0.717, 1.165) is 0 Å². The maximum Gasteiger partial charge on any atom is 0.326 e. The van der Waals surface area contributed by atoms with Gasteiger partial charge in [0.1, 0.15) is 6.04 Å². The molecule has 1 N–H and O–H groups in total. The number of urea groups is 1. The van der Waals surface area contributed by atoms with Gasteiger partial charge in [0.15, 0.2) is 0 Å². The molecule has 0 spiro atoms. The highest BCUT2D eigenvalue weighted by Gasteiger charge is 2.41. The molecular formula is C13H24N2O4. The number of methoxy groups -OCH3 is 1. The Balaban J connectivity index is 2.76. The van der Waals surface area contributed by atoms with E-state index >= 15 is 0 Å². The number of nitrogens with zero attached hydrogens (tertiary/aromatic N) is 2.